The number of rotatable bonds is 4. The minimum absolute atomic E-state index is 0.128. The normalized spacial score (nSPS) is 11.8. The molecular weight excluding hydrogens is 346 g/mol. The second-order valence-electron chi connectivity index (χ2n) is 6.68. The minimum Gasteiger partial charge on any atom is -0.331 e. The number of nitrogens with one attached hydrogen (secondary N) is 2. The van der Waals surface area contributed by atoms with Gasteiger partial charge in [0.2, 0.25) is 0 Å². The third-order valence-electron chi connectivity index (χ3n) is 4.79. The van der Waals surface area contributed by atoms with Gasteiger partial charge in [-0.3, -0.25) is 4.98 Å². The lowest BCUT2D eigenvalue weighted by Gasteiger charge is -2.18. The molecule has 138 valence electrons. The van der Waals surface area contributed by atoms with Crippen LogP contribution in [0, 0.1) is 0 Å². The van der Waals surface area contributed by atoms with Gasteiger partial charge < -0.3 is 10.6 Å². The van der Waals surface area contributed by atoms with Crippen LogP contribution in [-0.2, 0) is 0 Å². The molecule has 0 radical (unpaired) electrons. The summed E-state index contributed by atoms with van der Waals surface area (Å²) < 4.78 is 0. The monoisotopic (exact) mass is 367 g/mol. The quantitative estimate of drug-likeness (QED) is 0.480. The van der Waals surface area contributed by atoms with Crippen LogP contribution in [0.15, 0.2) is 91.3 Å². The summed E-state index contributed by atoms with van der Waals surface area (Å²) in [5.41, 5.74) is 3.73. The number of fused-ring (bicyclic) bond motifs is 1. The Morgan fingerprint density at radius 1 is 0.893 bits per heavy atom. The van der Waals surface area contributed by atoms with Gasteiger partial charge in [0.25, 0.3) is 0 Å². The summed E-state index contributed by atoms with van der Waals surface area (Å²) in [5, 5.41) is 8.34. The van der Waals surface area contributed by atoms with Gasteiger partial charge in [-0.25, -0.2) is 4.79 Å². The molecule has 0 saturated heterocycles. The molecule has 2 amide bonds. The molecule has 0 spiro atoms. The van der Waals surface area contributed by atoms with Gasteiger partial charge in [0.15, 0.2) is 0 Å². The van der Waals surface area contributed by atoms with Crippen molar-refractivity contribution in [3.63, 3.8) is 0 Å². The summed E-state index contributed by atoms with van der Waals surface area (Å²) in [7, 11) is 0. The Balaban J connectivity index is 1.54. The van der Waals surface area contributed by atoms with Gasteiger partial charge in [0.1, 0.15) is 0 Å². The second-order valence-corrected chi connectivity index (χ2v) is 6.68. The van der Waals surface area contributed by atoms with E-state index in [2.05, 4.69) is 39.9 Å². The SMILES string of the molecule is C[C@H](NC(=O)Nc1ccccc1-c1cccnc1)c1cccc2ccccc12. The lowest BCUT2D eigenvalue weighted by molar-refractivity contribution is 0.249. The van der Waals surface area contributed by atoms with Crippen LogP contribution >= 0.6 is 0 Å². The lowest BCUT2D eigenvalue weighted by atomic mass is 10.00. The Kier molecular flexibility index (Phi) is 5.02. The fourth-order valence-corrected chi connectivity index (χ4v) is 3.43. The first kappa shape index (κ1) is 17.7. The number of hydrogen-bond acceptors (Lipinski definition) is 2. The van der Waals surface area contributed by atoms with E-state index in [1.54, 1.807) is 12.4 Å². The van der Waals surface area contributed by atoms with Crippen molar-refractivity contribution in [2.24, 2.45) is 0 Å². The largest absolute Gasteiger partial charge is 0.331 e. The van der Waals surface area contributed by atoms with E-state index in [1.807, 2.05) is 61.5 Å². The van der Waals surface area contributed by atoms with Gasteiger partial charge in [0.05, 0.1) is 11.7 Å². The van der Waals surface area contributed by atoms with Crippen LogP contribution in [0.1, 0.15) is 18.5 Å². The van der Waals surface area contributed by atoms with Crippen LogP contribution in [0.3, 0.4) is 0 Å². The topological polar surface area (TPSA) is 54.0 Å². The molecule has 4 heteroatoms. The van der Waals surface area contributed by atoms with Crippen molar-refractivity contribution in [1.29, 1.82) is 0 Å². The predicted octanol–water partition coefficient (Wildman–Crippen LogP) is 5.78. The smallest absolute Gasteiger partial charge is 0.319 e. The summed E-state index contributed by atoms with van der Waals surface area (Å²) in [5.74, 6) is 0. The molecule has 4 rings (SSSR count). The van der Waals surface area contributed by atoms with Crippen molar-refractivity contribution in [1.82, 2.24) is 10.3 Å². The molecule has 0 unspecified atom stereocenters. The molecule has 4 aromatic rings. The van der Waals surface area contributed by atoms with Crippen molar-refractivity contribution in [2.45, 2.75) is 13.0 Å². The first-order valence-corrected chi connectivity index (χ1v) is 9.27. The molecule has 0 bridgehead atoms. The van der Waals surface area contributed by atoms with Crippen LogP contribution in [0.4, 0.5) is 10.5 Å². The number of para-hydroxylation sites is 1. The predicted molar refractivity (Wildman–Crippen MR) is 114 cm³/mol. The number of anilines is 1. The number of benzene rings is 3. The number of urea groups is 1. The minimum atomic E-state index is -0.239. The highest BCUT2D eigenvalue weighted by Gasteiger charge is 2.14. The lowest BCUT2D eigenvalue weighted by Crippen LogP contribution is -2.31. The molecule has 1 atom stereocenters. The first-order valence-electron chi connectivity index (χ1n) is 9.27. The van der Waals surface area contributed by atoms with E-state index in [1.165, 1.54) is 0 Å². The van der Waals surface area contributed by atoms with Crippen LogP contribution in [0.25, 0.3) is 21.9 Å². The van der Waals surface area contributed by atoms with Gasteiger partial charge in [-0.1, -0.05) is 66.7 Å². The van der Waals surface area contributed by atoms with E-state index in [0.717, 1.165) is 33.2 Å². The fourth-order valence-electron chi connectivity index (χ4n) is 3.43. The molecule has 3 aromatic carbocycles. The van der Waals surface area contributed by atoms with Crippen LogP contribution in [-0.4, -0.2) is 11.0 Å². The number of carbonyl (C=O) groups is 1. The van der Waals surface area contributed by atoms with E-state index in [-0.39, 0.29) is 12.1 Å². The molecule has 0 saturated carbocycles. The molecule has 2 N–H and O–H groups in total. The number of hydrogen-bond donors (Lipinski definition) is 2. The summed E-state index contributed by atoms with van der Waals surface area (Å²) in [6.45, 7) is 1.99. The first-order chi connectivity index (χ1) is 13.7. The maximum Gasteiger partial charge on any atom is 0.319 e. The van der Waals surface area contributed by atoms with Crippen molar-refractivity contribution in [3.8, 4) is 11.1 Å². The van der Waals surface area contributed by atoms with Gasteiger partial charge in [0, 0.05) is 23.5 Å². The molecule has 0 aliphatic rings. The number of nitrogens with zero attached hydrogens (tertiary/aromatic N) is 1. The average Bonchev–Trinajstić information content (AvgIpc) is 2.74. The van der Waals surface area contributed by atoms with E-state index in [4.69, 9.17) is 0 Å². The molecule has 28 heavy (non-hydrogen) atoms. The van der Waals surface area contributed by atoms with Gasteiger partial charge in [-0.2, -0.15) is 0 Å². The third kappa shape index (κ3) is 3.71. The van der Waals surface area contributed by atoms with Crippen molar-refractivity contribution in [2.75, 3.05) is 5.32 Å². The molecule has 0 fully saturated rings. The maximum absolute atomic E-state index is 12.7. The van der Waals surface area contributed by atoms with E-state index >= 15 is 0 Å². The van der Waals surface area contributed by atoms with E-state index < -0.39 is 0 Å². The Labute approximate surface area is 164 Å². The highest BCUT2D eigenvalue weighted by Crippen LogP contribution is 2.28. The Morgan fingerprint density at radius 2 is 1.68 bits per heavy atom. The molecule has 0 aliphatic heterocycles. The van der Waals surface area contributed by atoms with Crippen molar-refractivity contribution in [3.05, 3.63) is 96.8 Å². The molecule has 1 heterocycles. The molecule has 0 aliphatic carbocycles. The molecule has 1 aromatic heterocycles. The van der Waals surface area contributed by atoms with Crippen LogP contribution in [0.5, 0.6) is 0 Å². The van der Waals surface area contributed by atoms with Gasteiger partial charge in [-0.15, -0.1) is 0 Å². The fraction of sp³-hybridized carbons (Fsp3) is 0.0833. The highest BCUT2D eigenvalue weighted by atomic mass is 16.2. The number of carbonyl (C=O) groups excluding carboxylic acids is 1. The summed E-state index contributed by atoms with van der Waals surface area (Å²) >= 11 is 0. The number of aromatic nitrogens is 1. The zero-order chi connectivity index (χ0) is 19.3. The Morgan fingerprint density at radius 3 is 2.54 bits per heavy atom. The summed E-state index contributed by atoms with van der Waals surface area (Å²) in [4.78, 5) is 16.8. The summed E-state index contributed by atoms with van der Waals surface area (Å²) in [6, 6.07) is 25.6. The third-order valence-corrected chi connectivity index (χ3v) is 4.79. The highest BCUT2D eigenvalue weighted by molar-refractivity contribution is 5.95. The van der Waals surface area contributed by atoms with Crippen molar-refractivity contribution >= 4 is 22.5 Å². The Bertz CT molecular complexity index is 1100. The standard InChI is InChI=1S/C24H21N3O/c1-17(20-13-6-9-18-8-2-3-11-21(18)20)26-24(28)27-23-14-5-4-12-22(23)19-10-7-15-25-16-19/h2-17H,1H3,(H2,26,27,28)/t17-/m0/s1. The van der Waals surface area contributed by atoms with Crippen LogP contribution < -0.4 is 10.6 Å². The van der Waals surface area contributed by atoms with Gasteiger partial charge >= 0.3 is 6.03 Å². The molecule has 4 nitrogen and oxygen atoms in total. The zero-order valence-corrected chi connectivity index (χ0v) is 15.6. The van der Waals surface area contributed by atoms with E-state index in [9.17, 15) is 4.79 Å². The Hall–Kier alpha value is -3.66. The second kappa shape index (κ2) is 7.92. The number of pyridine rings is 1. The average molecular weight is 367 g/mol. The van der Waals surface area contributed by atoms with Crippen molar-refractivity contribution < 1.29 is 4.79 Å². The maximum atomic E-state index is 12.7. The van der Waals surface area contributed by atoms with Gasteiger partial charge in [-0.05, 0) is 35.4 Å². The zero-order valence-electron chi connectivity index (χ0n) is 15.6. The molecular formula is C24H21N3O. The van der Waals surface area contributed by atoms with E-state index in [0.29, 0.717) is 0 Å². The summed E-state index contributed by atoms with van der Waals surface area (Å²) in [6.07, 6.45) is 3.52. The number of amides is 2. The van der Waals surface area contributed by atoms with Crippen LogP contribution in [0.2, 0.25) is 0 Å².